The lowest BCUT2D eigenvalue weighted by atomic mass is 9.95. The lowest BCUT2D eigenvalue weighted by molar-refractivity contribution is -0.135. The molecule has 4 nitrogen and oxygen atoms in total. The largest absolute Gasteiger partial charge is 0.490 e. The third kappa shape index (κ3) is 3.79. The Morgan fingerprint density at radius 1 is 1.10 bits per heavy atom. The monoisotopic (exact) mass is 400 g/mol. The molecule has 1 aliphatic carbocycles. The van der Waals surface area contributed by atoms with Crippen LogP contribution in [0.5, 0.6) is 5.75 Å². The smallest absolute Gasteiger partial charge is 0.225 e. The maximum absolute atomic E-state index is 12.3. The van der Waals surface area contributed by atoms with E-state index in [1.165, 1.54) is 22.1 Å². The van der Waals surface area contributed by atoms with Crippen molar-refractivity contribution in [2.75, 3.05) is 13.1 Å². The van der Waals surface area contributed by atoms with Crippen LogP contribution in [0.3, 0.4) is 0 Å². The zero-order valence-corrected chi connectivity index (χ0v) is 17.7. The van der Waals surface area contributed by atoms with Gasteiger partial charge in [0.15, 0.2) is 0 Å². The summed E-state index contributed by atoms with van der Waals surface area (Å²) in [6.45, 7) is 5.95. The van der Waals surface area contributed by atoms with Crippen molar-refractivity contribution in [1.82, 2.24) is 9.88 Å². The molecule has 2 fully saturated rings. The van der Waals surface area contributed by atoms with E-state index in [0.29, 0.717) is 17.7 Å². The van der Waals surface area contributed by atoms with Gasteiger partial charge in [0.05, 0.1) is 5.52 Å². The molecule has 5 rings (SSSR count). The van der Waals surface area contributed by atoms with Crippen LogP contribution in [0.2, 0.25) is 0 Å². The van der Waals surface area contributed by atoms with E-state index in [-0.39, 0.29) is 6.10 Å². The molecule has 1 saturated heterocycles. The molecule has 3 aromatic rings. The summed E-state index contributed by atoms with van der Waals surface area (Å²) in [5, 5.41) is 1.17. The van der Waals surface area contributed by atoms with E-state index >= 15 is 0 Å². The molecule has 154 valence electrons. The number of pyridine rings is 1. The molecule has 2 heterocycles. The van der Waals surface area contributed by atoms with Gasteiger partial charge in [-0.25, -0.2) is 0 Å². The Bertz CT molecular complexity index is 1070. The highest BCUT2D eigenvalue weighted by atomic mass is 16.5. The first-order valence-electron chi connectivity index (χ1n) is 11.0. The summed E-state index contributed by atoms with van der Waals surface area (Å²) in [5.41, 5.74) is 4.63. The van der Waals surface area contributed by atoms with Crippen LogP contribution in [0.1, 0.15) is 31.7 Å². The summed E-state index contributed by atoms with van der Waals surface area (Å²) >= 11 is 0. The van der Waals surface area contributed by atoms with Crippen LogP contribution in [-0.2, 0) is 4.79 Å². The number of likely N-dealkylation sites (tertiary alicyclic amines) is 1. The molecule has 1 amide bonds. The average Bonchev–Trinajstić information content (AvgIpc) is 3.60. The summed E-state index contributed by atoms with van der Waals surface area (Å²) < 4.78 is 6.31. The molecule has 0 N–H and O–H groups in total. The van der Waals surface area contributed by atoms with E-state index in [2.05, 4.69) is 61.3 Å². The fourth-order valence-electron chi connectivity index (χ4n) is 4.52. The topological polar surface area (TPSA) is 42.4 Å². The van der Waals surface area contributed by atoms with Gasteiger partial charge in [0.2, 0.25) is 5.91 Å². The van der Waals surface area contributed by atoms with Gasteiger partial charge in [-0.2, -0.15) is 0 Å². The highest BCUT2D eigenvalue weighted by Crippen LogP contribution is 2.34. The highest BCUT2D eigenvalue weighted by molar-refractivity contribution is 5.86. The number of carbonyl (C=O) groups is 1. The summed E-state index contributed by atoms with van der Waals surface area (Å²) in [7, 11) is 0. The van der Waals surface area contributed by atoms with Gasteiger partial charge in [-0.1, -0.05) is 25.1 Å². The van der Waals surface area contributed by atoms with Crippen LogP contribution in [0.15, 0.2) is 54.7 Å². The van der Waals surface area contributed by atoms with Gasteiger partial charge < -0.3 is 9.64 Å². The van der Waals surface area contributed by atoms with E-state index in [0.717, 1.165) is 43.6 Å². The van der Waals surface area contributed by atoms with Crippen molar-refractivity contribution in [3.05, 3.63) is 60.3 Å². The molecule has 30 heavy (non-hydrogen) atoms. The van der Waals surface area contributed by atoms with Gasteiger partial charge in [-0.05, 0) is 66.8 Å². The van der Waals surface area contributed by atoms with Crippen molar-refractivity contribution < 1.29 is 9.53 Å². The molecule has 0 radical (unpaired) electrons. The van der Waals surface area contributed by atoms with Crippen LogP contribution in [0.4, 0.5) is 0 Å². The quantitative estimate of drug-likeness (QED) is 0.602. The molecular weight excluding hydrogens is 372 g/mol. The number of carbonyl (C=O) groups excluding carboxylic acids is 1. The molecule has 0 spiro atoms. The second kappa shape index (κ2) is 7.75. The Balaban J connectivity index is 1.28. The number of rotatable bonds is 4. The van der Waals surface area contributed by atoms with Crippen molar-refractivity contribution in [2.45, 2.75) is 39.2 Å². The highest BCUT2D eigenvalue weighted by Gasteiger charge is 2.37. The molecule has 2 atom stereocenters. The first-order valence-corrected chi connectivity index (χ1v) is 11.0. The molecule has 2 unspecified atom stereocenters. The predicted octanol–water partition coefficient (Wildman–Crippen LogP) is 5.24. The average molecular weight is 401 g/mol. The van der Waals surface area contributed by atoms with Gasteiger partial charge >= 0.3 is 0 Å². The Kier molecular flexibility index (Phi) is 4.93. The van der Waals surface area contributed by atoms with Gasteiger partial charge in [0.1, 0.15) is 11.9 Å². The Morgan fingerprint density at radius 2 is 1.90 bits per heavy atom. The zero-order chi connectivity index (χ0) is 20.7. The summed E-state index contributed by atoms with van der Waals surface area (Å²) in [5.74, 6) is 1.89. The maximum atomic E-state index is 12.3. The minimum absolute atomic E-state index is 0.158. The zero-order valence-electron chi connectivity index (χ0n) is 17.7. The first kappa shape index (κ1) is 19.1. The summed E-state index contributed by atoms with van der Waals surface area (Å²) in [6, 6.07) is 16.8. The molecule has 0 bridgehead atoms. The molecular formula is C26H28N2O2. The number of aryl methyl sites for hydroxylation is 1. The molecule has 1 aromatic heterocycles. The van der Waals surface area contributed by atoms with Crippen LogP contribution in [0.25, 0.3) is 22.0 Å². The lowest BCUT2D eigenvalue weighted by Crippen LogP contribution is -2.47. The third-order valence-electron chi connectivity index (χ3n) is 6.47. The van der Waals surface area contributed by atoms with Gasteiger partial charge in [-0.3, -0.25) is 9.78 Å². The van der Waals surface area contributed by atoms with Crippen molar-refractivity contribution >= 4 is 16.8 Å². The lowest BCUT2D eigenvalue weighted by Gasteiger charge is -2.37. The number of piperidine rings is 1. The Labute approximate surface area is 177 Å². The number of hydrogen-bond acceptors (Lipinski definition) is 3. The van der Waals surface area contributed by atoms with Crippen LogP contribution in [-0.4, -0.2) is 35.0 Å². The van der Waals surface area contributed by atoms with Crippen molar-refractivity contribution in [3.8, 4) is 16.9 Å². The van der Waals surface area contributed by atoms with E-state index in [1.54, 1.807) is 0 Å². The number of amides is 1. The van der Waals surface area contributed by atoms with Crippen molar-refractivity contribution in [2.24, 2.45) is 11.8 Å². The number of hydrogen-bond donors (Lipinski definition) is 0. The number of ether oxygens (including phenoxy) is 1. The molecule has 1 saturated carbocycles. The van der Waals surface area contributed by atoms with E-state index in [4.69, 9.17) is 4.74 Å². The second-order valence-electron chi connectivity index (χ2n) is 8.87. The Morgan fingerprint density at radius 3 is 2.63 bits per heavy atom. The third-order valence-corrected chi connectivity index (χ3v) is 6.47. The number of aromatic nitrogens is 1. The minimum atomic E-state index is 0.158. The number of fused-ring (bicyclic) bond motifs is 1. The van der Waals surface area contributed by atoms with Gasteiger partial charge in [0.25, 0.3) is 0 Å². The summed E-state index contributed by atoms with van der Waals surface area (Å²) in [4.78, 5) is 18.9. The fourth-order valence-corrected chi connectivity index (χ4v) is 4.52. The fraction of sp³-hybridized carbons (Fsp3) is 0.385. The normalized spacial score (nSPS) is 21.6. The summed E-state index contributed by atoms with van der Waals surface area (Å²) in [6.07, 6.45) is 5.04. The van der Waals surface area contributed by atoms with E-state index < -0.39 is 0 Å². The van der Waals surface area contributed by atoms with Crippen molar-refractivity contribution in [1.29, 1.82) is 0 Å². The van der Waals surface area contributed by atoms with Gasteiger partial charge in [0, 0.05) is 42.9 Å². The molecule has 2 aliphatic rings. The SMILES string of the molecule is Cc1cc2cccnc2cc1-c1ccc(OC2CCN(C(=O)C3CC3)CC2C)cc1. The molecule has 1 aliphatic heterocycles. The van der Waals surface area contributed by atoms with Gasteiger partial charge in [-0.15, -0.1) is 0 Å². The minimum Gasteiger partial charge on any atom is -0.490 e. The number of benzene rings is 2. The second-order valence-corrected chi connectivity index (χ2v) is 8.87. The van der Waals surface area contributed by atoms with Crippen LogP contribution in [0, 0.1) is 18.8 Å². The van der Waals surface area contributed by atoms with Crippen LogP contribution < -0.4 is 4.74 Å². The van der Waals surface area contributed by atoms with Crippen LogP contribution >= 0.6 is 0 Å². The number of nitrogens with zero attached hydrogens (tertiary/aromatic N) is 2. The predicted molar refractivity (Wildman–Crippen MR) is 119 cm³/mol. The first-order chi connectivity index (χ1) is 14.6. The maximum Gasteiger partial charge on any atom is 0.225 e. The van der Waals surface area contributed by atoms with E-state index in [1.807, 2.05) is 17.2 Å². The molecule has 4 heteroatoms. The van der Waals surface area contributed by atoms with Crippen molar-refractivity contribution in [3.63, 3.8) is 0 Å². The van der Waals surface area contributed by atoms with E-state index in [9.17, 15) is 4.79 Å². The molecule has 2 aromatic carbocycles. The standard InChI is InChI=1S/C26H28N2O2/c1-17-14-21-4-3-12-27-24(21)15-23(17)19-7-9-22(10-8-19)30-25-11-13-28(16-18(25)2)26(29)20-5-6-20/h3-4,7-10,12,14-15,18,20,25H,5-6,11,13,16H2,1-2H3. The Hall–Kier alpha value is -2.88.